The zero-order valence-corrected chi connectivity index (χ0v) is 17.5. The number of fused-ring (bicyclic) bond motifs is 1. The normalized spacial score (nSPS) is 19.2. The van der Waals surface area contributed by atoms with E-state index in [0.717, 1.165) is 61.3 Å². The Hall–Kier alpha value is -2.14. The van der Waals surface area contributed by atoms with Crippen molar-refractivity contribution in [2.45, 2.75) is 52.4 Å². The molecule has 2 amide bonds. The molecule has 4 rings (SSSR count). The number of benzene rings is 1. The number of hydrogen-bond acceptors (Lipinski definition) is 3. The molecule has 1 aromatic heterocycles. The number of nitrogens with zero attached hydrogens (tertiary/aromatic N) is 1. The Bertz CT molecular complexity index is 879. The van der Waals surface area contributed by atoms with Gasteiger partial charge in [0.1, 0.15) is 5.00 Å². The summed E-state index contributed by atoms with van der Waals surface area (Å²) in [5, 5.41) is 3.81. The van der Waals surface area contributed by atoms with Crippen molar-refractivity contribution in [1.29, 1.82) is 0 Å². The van der Waals surface area contributed by atoms with Gasteiger partial charge in [0, 0.05) is 23.5 Å². The molecule has 1 aliphatic heterocycles. The van der Waals surface area contributed by atoms with Gasteiger partial charge in [-0.1, -0.05) is 24.6 Å². The molecule has 1 aromatic carbocycles. The first-order chi connectivity index (χ1) is 13.5. The lowest BCUT2D eigenvalue weighted by Crippen LogP contribution is -2.36. The molecule has 1 unspecified atom stereocenters. The molecule has 0 saturated carbocycles. The highest BCUT2D eigenvalue weighted by atomic mass is 32.1. The standard InChI is InChI=1S/C23H28N2O2S/c1-15-6-9-17(10-7-15)21(26)24-22-20(23(27)25-12-4-3-5-13-25)18-11-8-16(2)14-19(18)28-22/h6-7,9-10,16H,3-5,8,11-14H2,1-2H3,(H,24,26). The monoisotopic (exact) mass is 396 g/mol. The van der Waals surface area contributed by atoms with Crippen molar-refractivity contribution in [2.75, 3.05) is 18.4 Å². The fraction of sp³-hybridized carbons (Fsp3) is 0.478. The van der Waals surface area contributed by atoms with E-state index in [1.54, 1.807) is 11.3 Å². The van der Waals surface area contributed by atoms with Gasteiger partial charge >= 0.3 is 0 Å². The number of thiophene rings is 1. The molecule has 1 fully saturated rings. The Morgan fingerprint density at radius 1 is 1.11 bits per heavy atom. The van der Waals surface area contributed by atoms with Crippen LogP contribution in [0.3, 0.4) is 0 Å². The molecule has 0 spiro atoms. The second-order valence-electron chi connectivity index (χ2n) is 8.23. The summed E-state index contributed by atoms with van der Waals surface area (Å²) in [6, 6.07) is 7.56. The second kappa shape index (κ2) is 8.08. The van der Waals surface area contributed by atoms with E-state index in [0.29, 0.717) is 11.5 Å². The van der Waals surface area contributed by atoms with Crippen molar-refractivity contribution in [1.82, 2.24) is 4.90 Å². The van der Waals surface area contributed by atoms with Crippen LogP contribution in [0.5, 0.6) is 0 Å². The van der Waals surface area contributed by atoms with Crippen LogP contribution in [0.1, 0.15) is 69.3 Å². The van der Waals surface area contributed by atoms with E-state index in [9.17, 15) is 9.59 Å². The number of nitrogens with one attached hydrogen (secondary N) is 1. The number of aryl methyl sites for hydroxylation is 1. The molecular formula is C23H28N2O2S. The SMILES string of the molecule is Cc1ccc(C(=O)Nc2sc3c(c2C(=O)N2CCCCC2)CCC(C)C3)cc1. The molecule has 1 saturated heterocycles. The number of carbonyl (C=O) groups is 2. The van der Waals surface area contributed by atoms with Crippen LogP contribution in [-0.2, 0) is 12.8 Å². The molecule has 5 heteroatoms. The average molecular weight is 397 g/mol. The van der Waals surface area contributed by atoms with Gasteiger partial charge in [-0.05, 0) is 69.1 Å². The first kappa shape index (κ1) is 19.2. The molecule has 1 N–H and O–H groups in total. The summed E-state index contributed by atoms with van der Waals surface area (Å²) in [5.41, 5.74) is 3.69. The molecule has 1 aliphatic carbocycles. The molecule has 2 aliphatic rings. The predicted molar refractivity (Wildman–Crippen MR) is 114 cm³/mol. The Kier molecular flexibility index (Phi) is 5.54. The fourth-order valence-corrected chi connectivity index (χ4v) is 5.60. The number of piperidine rings is 1. The van der Waals surface area contributed by atoms with Gasteiger partial charge in [-0.15, -0.1) is 11.3 Å². The molecule has 0 bridgehead atoms. The Labute approximate surface area is 170 Å². The van der Waals surface area contributed by atoms with Crippen molar-refractivity contribution in [2.24, 2.45) is 5.92 Å². The third kappa shape index (κ3) is 3.86. The Balaban J connectivity index is 1.66. The number of anilines is 1. The van der Waals surface area contributed by atoms with E-state index in [4.69, 9.17) is 0 Å². The lowest BCUT2D eigenvalue weighted by Gasteiger charge is -2.28. The maximum Gasteiger partial charge on any atom is 0.257 e. The van der Waals surface area contributed by atoms with Crippen LogP contribution in [0.15, 0.2) is 24.3 Å². The van der Waals surface area contributed by atoms with E-state index >= 15 is 0 Å². The molecular weight excluding hydrogens is 368 g/mol. The molecule has 2 heterocycles. The first-order valence-corrected chi connectivity index (χ1v) is 11.2. The van der Waals surface area contributed by atoms with E-state index in [-0.39, 0.29) is 11.8 Å². The zero-order chi connectivity index (χ0) is 19.7. The van der Waals surface area contributed by atoms with Crippen molar-refractivity contribution in [3.8, 4) is 0 Å². The maximum atomic E-state index is 13.4. The minimum Gasteiger partial charge on any atom is -0.339 e. The molecule has 2 aromatic rings. The van der Waals surface area contributed by atoms with E-state index in [1.165, 1.54) is 16.9 Å². The summed E-state index contributed by atoms with van der Waals surface area (Å²) in [4.78, 5) is 29.5. The largest absolute Gasteiger partial charge is 0.339 e. The van der Waals surface area contributed by atoms with Crippen molar-refractivity contribution in [3.05, 3.63) is 51.4 Å². The zero-order valence-electron chi connectivity index (χ0n) is 16.7. The third-order valence-corrected chi connectivity index (χ3v) is 7.08. The topological polar surface area (TPSA) is 49.4 Å². The quantitative estimate of drug-likeness (QED) is 0.788. The fourth-order valence-electron chi connectivity index (χ4n) is 4.20. The van der Waals surface area contributed by atoms with Gasteiger partial charge in [-0.3, -0.25) is 9.59 Å². The van der Waals surface area contributed by atoms with Crippen molar-refractivity contribution >= 4 is 28.2 Å². The van der Waals surface area contributed by atoms with Crippen LogP contribution < -0.4 is 5.32 Å². The van der Waals surface area contributed by atoms with E-state index < -0.39 is 0 Å². The lowest BCUT2D eigenvalue weighted by molar-refractivity contribution is 0.0724. The van der Waals surface area contributed by atoms with Gasteiger partial charge in [0.15, 0.2) is 0 Å². The lowest BCUT2D eigenvalue weighted by atomic mass is 9.88. The third-order valence-electron chi connectivity index (χ3n) is 5.91. The van der Waals surface area contributed by atoms with Gasteiger partial charge in [-0.2, -0.15) is 0 Å². The van der Waals surface area contributed by atoms with Gasteiger partial charge in [0.2, 0.25) is 0 Å². The predicted octanol–water partition coefficient (Wildman–Crippen LogP) is 5.06. The summed E-state index contributed by atoms with van der Waals surface area (Å²) in [6.07, 6.45) is 6.37. The highest BCUT2D eigenvalue weighted by Gasteiger charge is 2.31. The van der Waals surface area contributed by atoms with Crippen LogP contribution >= 0.6 is 11.3 Å². The van der Waals surface area contributed by atoms with Gasteiger partial charge in [-0.25, -0.2) is 0 Å². The summed E-state index contributed by atoms with van der Waals surface area (Å²) in [5.74, 6) is 0.593. The first-order valence-electron chi connectivity index (χ1n) is 10.3. The molecule has 1 atom stereocenters. The van der Waals surface area contributed by atoms with E-state index in [2.05, 4.69) is 12.2 Å². The number of likely N-dealkylation sites (tertiary alicyclic amines) is 1. The summed E-state index contributed by atoms with van der Waals surface area (Å²) < 4.78 is 0. The van der Waals surface area contributed by atoms with E-state index in [1.807, 2.05) is 36.1 Å². The molecule has 4 nitrogen and oxygen atoms in total. The van der Waals surface area contributed by atoms with Gasteiger partial charge < -0.3 is 10.2 Å². The number of amides is 2. The molecule has 28 heavy (non-hydrogen) atoms. The Morgan fingerprint density at radius 2 is 1.82 bits per heavy atom. The summed E-state index contributed by atoms with van der Waals surface area (Å²) in [7, 11) is 0. The van der Waals surface area contributed by atoms with Crippen LogP contribution in [0.2, 0.25) is 0 Å². The Morgan fingerprint density at radius 3 is 2.54 bits per heavy atom. The van der Waals surface area contributed by atoms with Crippen molar-refractivity contribution < 1.29 is 9.59 Å². The average Bonchev–Trinajstić information content (AvgIpc) is 3.05. The number of hydrogen-bond donors (Lipinski definition) is 1. The maximum absolute atomic E-state index is 13.4. The molecule has 0 radical (unpaired) electrons. The van der Waals surface area contributed by atoms with Gasteiger partial charge in [0.05, 0.1) is 5.56 Å². The number of rotatable bonds is 3. The highest BCUT2D eigenvalue weighted by Crippen LogP contribution is 2.40. The smallest absolute Gasteiger partial charge is 0.257 e. The highest BCUT2D eigenvalue weighted by molar-refractivity contribution is 7.17. The minimum atomic E-state index is -0.140. The van der Waals surface area contributed by atoms with Crippen LogP contribution in [0, 0.1) is 12.8 Å². The minimum absolute atomic E-state index is 0.103. The summed E-state index contributed by atoms with van der Waals surface area (Å²) >= 11 is 1.60. The number of carbonyl (C=O) groups excluding carboxylic acids is 2. The van der Waals surface area contributed by atoms with Gasteiger partial charge in [0.25, 0.3) is 11.8 Å². The van der Waals surface area contributed by atoms with Crippen LogP contribution in [-0.4, -0.2) is 29.8 Å². The molecule has 148 valence electrons. The van der Waals surface area contributed by atoms with Crippen LogP contribution in [0.25, 0.3) is 0 Å². The van der Waals surface area contributed by atoms with Crippen LogP contribution in [0.4, 0.5) is 5.00 Å². The second-order valence-corrected chi connectivity index (χ2v) is 9.33. The summed E-state index contributed by atoms with van der Waals surface area (Å²) in [6.45, 7) is 5.92. The van der Waals surface area contributed by atoms with Crippen molar-refractivity contribution in [3.63, 3.8) is 0 Å².